The van der Waals surface area contributed by atoms with Crippen molar-refractivity contribution in [3.05, 3.63) is 23.2 Å². The first-order valence-corrected chi connectivity index (χ1v) is 4.21. The van der Waals surface area contributed by atoms with Crippen LogP contribution in [0.25, 0.3) is 0 Å². The van der Waals surface area contributed by atoms with E-state index in [4.69, 9.17) is 21.1 Å². The van der Waals surface area contributed by atoms with Crippen molar-refractivity contribution in [2.24, 2.45) is 0 Å². The molecule has 1 atom stereocenters. The number of aldehydes is 1. The standard InChI is InChI=1S/C9H7ClO3/c10-6-1-2-8-9(3-6)12-5-7(4-11)13-8/h1-4,7H,5H2/t7-/m0/s1. The van der Waals surface area contributed by atoms with E-state index in [0.717, 1.165) is 6.29 Å². The Hall–Kier alpha value is -1.22. The molecule has 3 nitrogen and oxygen atoms in total. The van der Waals surface area contributed by atoms with Crippen LogP contribution >= 0.6 is 11.6 Å². The van der Waals surface area contributed by atoms with E-state index >= 15 is 0 Å². The summed E-state index contributed by atoms with van der Waals surface area (Å²) in [6.45, 7) is 0.247. The average Bonchev–Trinajstić information content (AvgIpc) is 2.17. The molecule has 1 aliphatic heterocycles. The summed E-state index contributed by atoms with van der Waals surface area (Å²) in [5, 5.41) is 0.590. The van der Waals surface area contributed by atoms with Gasteiger partial charge in [0.15, 0.2) is 23.9 Å². The zero-order chi connectivity index (χ0) is 9.26. The summed E-state index contributed by atoms with van der Waals surface area (Å²) in [5.41, 5.74) is 0. The minimum absolute atomic E-state index is 0.247. The van der Waals surface area contributed by atoms with Gasteiger partial charge in [0, 0.05) is 11.1 Å². The highest BCUT2D eigenvalue weighted by Gasteiger charge is 2.19. The fourth-order valence-corrected chi connectivity index (χ4v) is 1.29. The molecule has 0 radical (unpaired) electrons. The van der Waals surface area contributed by atoms with Gasteiger partial charge in [0.25, 0.3) is 0 Å². The number of fused-ring (bicyclic) bond motifs is 1. The summed E-state index contributed by atoms with van der Waals surface area (Å²) in [4.78, 5) is 10.4. The first-order valence-electron chi connectivity index (χ1n) is 3.84. The Morgan fingerprint density at radius 3 is 3.08 bits per heavy atom. The Kier molecular flexibility index (Phi) is 2.10. The fraction of sp³-hybridized carbons (Fsp3) is 0.222. The third-order valence-electron chi connectivity index (χ3n) is 1.74. The highest BCUT2D eigenvalue weighted by Crippen LogP contribution is 2.33. The van der Waals surface area contributed by atoms with E-state index in [9.17, 15) is 4.79 Å². The molecule has 1 heterocycles. The first kappa shape index (κ1) is 8.38. The molecule has 4 heteroatoms. The molecule has 0 amide bonds. The summed E-state index contributed by atoms with van der Waals surface area (Å²) in [6, 6.07) is 5.04. The molecule has 1 aromatic rings. The van der Waals surface area contributed by atoms with Gasteiger partial charge in [-0.2, -0.15) is 0 Å². The number of hydrogen-bond acceptors (Lipinski definition) is 3. The highest BCUT2D eigenvalue weighted by molar-refractivity contribution is 6.30. The molecule has 2 rings (SSSR count). The molecule has 1 aliphatic rings. The molecule has 0 aromatic heterocycles. The summed E-state index contributed by atoms with van der Waals surface area (Å²) in [6.07, 6.45) is 0.214. The smallest absolute Gasteiger partial charge is 0.187 e. The van der Waals surface area contributed by atoms with E-state index in [0.29, 0.717) is 16.5 Å². The lowest BCUT2D eigenvalue weighted by molar-refractivity contribution is -0.115. The second-order valence-corrected chi connectivity index (χ2v) is 3.13. The quantitative estimate of drug-likeness (QED) is 0.644. The van der Waals surface area contributed by atoms with E-state index in [2.05, 4.69) is 0 Å². The molecule has 0 fully saturated rings. The van der Waals surface area contributed by atoms with Crippen molar-refractivity contribution in [3.8, 4) is 11.5 Å². The predicted molar refractivity (Wildman–Crippen MR) is 47.4 cm³/mol. The van der Waals surface area contributed by atoms with E-state index in [1.807, 2.05) is 0 Å². The van der Waals surface area contributed by atoms with Crippen LogP contribution in [0.3, 0.4) is 0 Å². The van der Waals surface area contributed by atoms with Crippen molar-refractivity contribution in [1.82, 2.24) is 0 Å². The van der Waals surface area contributed by atoms with Crippen molar-refractivity contribution < 1.29 is 14.3 Å². The SMILES string of the molecule is O=C[C@H]1COc2cc(Cl)ccc2O1. The topological polar surface area (TPSA) is 35.5 Å². The fourth-order valence-electron chi connectivity index (χ4n) is 1.13. The number of rotatable bonds is 1. The van der Waals surface area contributed by atoms with Gasteiger partial charge in [-0.1, -0.05) is 11.6 Å². The lowest BCUT2D eigenvalue weighted by atomic mass is 10.3. The van der Waals surface area contributed by atoms with Crippen molar-refractivity contribution >= 4 is 17.9 Å². The predicted octanol–water partition coefficient (Wildman–Crippen LogP) is 1.68. The minimum atomic E-state index is -0.506. The summed E-state index contributed by atoms with van der Waals surface area (Å²) < 4.78 is 10.6. The maximum atomic E-state index is 10.4. The third-order valence-corrected chi connectivity index (χ3v) is 1.97. The molecule has 68 valence electrons. The van der Waals surface area contributed by atoms with Gasteiger partial charge in [-0.25, -0.2) is 0 Å². The van der Waals surface area contributed by atoms with Crippen LogP contribution < -0.4 is 9.47 Å². The largest absolute Gasteiger partial charge is 0.485 e. The molecule has 0 N–H and O–H groups in total. The van der Waals surface area contributed by atoms with Gasteiger partial charge in [-0.05, 0) is 12.1 Å². The lowest BCUT2D eigenvalue weighted by Crippen LogP contribution is -2.30. The number of carbonyl (C=O) groups is 1. The van der Waals surface area contributed by atoms with Crippen LogP contribution in [0.2, 0.25) is 5.02 Å². The third kappa shape index (κ3) is 1.60. The first-order chi connectivity index (χ1) is 6.29. The molecule has 0 saturated heterocycles. The monoisotopic (exact) mass is 198 g/mol. The maximum Gasteiger partial charge on any atom is 0.187 e. The Bertz CT molecular complexity index is 338. The molecular weight excluding hydrogens is 192 g/mol. The van der Waals surface area contributed by atoms with Crippen LogP contribution in [0, 0.1) is 0 Å². The summed E-state index contributed by atoms with van der Waals surface area (Å²) in [5.74, 6) is 1.15. The maximum absolute atomic E-state index is 10.4. The van der Waals surface area contributed by atoms with Gasteiger partial charge in [-0.3, -0.25) is 4.79 Å². The zero-order valence-electron chi connectivity index (χ0n) is 6.70. The molecule has 1 aromatic carbocycles. The molecule has 13 heavy (non-hydrogen) atoms. The van der Waals surface area contributed by atoms with Crippen LogP contribution in [0.1, 0.15) is 0 Å². The van der Waals surface area contributed by atoms with Gasteiger partial charge < -0.3 is 9.47 Å². The Morgan fingerprint density at radius 1 is 1.46 bits per heavy atom. The zero-order valence-corrected chi connectivity index (χ0v) is 7.45. The molecule has 0 spiro atoms. The molecule has 0 saturated carbocycles. The summed E-state index contributed by atoms with van der Waals surface area (Å²) >= 11 is 5.74. The summed E-state index contributed by atoms with van der Waals surface area (Å²) in [7, 11) is 0. The van der Waals surface area contributed by atoms with E-state index in [-0.39, 0.29) is 6.61 Å². The molecule has 0 bridgehead atoms. The molecule has 0 aliphatic carbocycles. The highest BCUT2D eigenvalue weighted by atomic mass is 35.5. The van der Waals surface area contributed by atoms with E-state index < -0.39 is 6.10 Å². The lowest BCUT2D eigenvalue weighted by Gasteiger charge is -2.22. The van der Waals surface area contributed by atoms with E-state index in [1.165, 1.54) is 0 Å². The van der Waals surface area contributed by atoms with Crippen molar-refractivity contribution in [3.63, 3.8) is 0 Å². The Balaban J connectivity index is 2.31. The number of benzene rings is 1. The van der Waals surface area contributed by atoms with E-state index in [1.54, 1.807) is 18.2 Å². The Morgan fingerprint density at radius 2 is 2.31 bits per heavy atom. The van der Waals surface area contributed by atoms with Crippen LogP contribution in [0.15, 0.2) is 18.2 Å². The van der Waals surface area contributed by atoms with Gasteiger partial charge in [0.2, 0.25) is 0 Å². The van der Waals surface area contributed by atoms with Crippen molar-refractivity contribution in [2.75, 3.05) is 6.61 Å². The number of carbonyl (C=O) groups excluding carboxylic acids is 1. The number of ether oxygens (including phenoxy) is 2. The average molecular weight is 199 g/mol. The van der Waals surface area contributed by atoms with Gasteiger partial charge in [-0.15, -0.1) is 0 Å². The van der Waals surface area contributed by atoms with Crippen LogP contribution in [0.4, 0.5) is 0 Å². The van der Waals surface area contributed by atoms with Crippen molar-refractivity contribution in [2.45, 2.75) is 6.10 Å². The number of hydrogen-bond donors (Lipinski definition) is 0. The minimum Gasteiger partial charge on any atom is -0.485 e. The van der Waals surface area contributed by atoms with Crippen LogP contribution in [-0.4, -0.2) is 19.0 Å². The molecule has 0 unspecified atom stereocenters. The Labute approximate surface area is 80.2 Å². The van der Waals surface area contributed by atoms with Crippen LogP contribution in [-0.2, 0) is 4.79 Å². The van der Waals surface area contributed by atoms with Gasteiger partial charge >= 0.3 is 0 Å². The second-order valence-electron chi connectivity index (χ2n) is 2.69. The van der Waals surface area contributed by atoms with Gasteiger partial charge in [0.05, 0.1) is 0 Å². The second kappa shape index (κ2) is 3.26. The molecular formula is C9H7ClO3. The van der Waals surface area contributed by atoms with Crippen LogP contribution in [0.5, 0.6) is 11.5 Å². The number of halogens is 1. The van der Waals surface area contributed by atoms with Crippen molar-refractivity contribution in [1.29, 1.82) is 0 Å². The normalized spacial score (nSPS) is 19.6. The van der Waals surface area contributed by atoms with Gasteiger partial charge in [0.1, 0.15) is 6.61 Å².